The van der Waals surface area contributed by atoms with Crippen LogP contribution in [0.5, 0.6) is 0 Å². The SMILES string of the molecule is CCOC(=O)C1=C(CNC2(c3ccc(Br)cc3)CC2)NC(=O)NC1C. The molecular weight excluding hydrogens is 386 g/mol. The first kappa shape index (κ1) is 17.9. The lowest BCUT2D eigenvalue weighted by Gasteiger charge is -2.28. The second-order valence-corrected chi connectivity index (χ2v) is 7.29. The Morgan fingerprint density at radius 3 is 2.64 bits per heavy atom. The fourth-order valence-corrected chi connectivity index (χ4v) is 3.40. The number of ether oxygens (including phenoxy) is 1. The second kappa shape index (κ2) is 7.17. The van der Waals surface area contributed by atoms with Crippen molar-refractivity contribution in [2.45, 2.75) is 38.3 Å². The largest absolute Gasteiger partial charge is 0.463 e. The summed E-state index contributed by atoms with van der Waals surface area (Å²) in [5, 5.41) is 8.98. The summed E-state index contributed by atoms with van der Waals surface area (Å²) in [5.74, 6) is -0.396. The normalized spacial score (nSPS) is 21.4. The van der Waals surface area contributed by atoms with Crippen molar-refractivity contribution in [3.8, 4) is 0 Å². The Morgan fingerprint density at radius 1 is 1.36 bits per heavy atom. The van der Waals surface area contributed by atoms with E-state index in [4.69, 9.17) is 4.74 Å². The molecule has 1 heterocycles. The van der Waals surface area contributed by atoms with Gasteiger partial charge in [-0.05, 0) is 44.4 Å². The summed E-state index contributed by atoms with van der Waals surface area (Å²) in [5.41, 5.74) is 2.17. The molecule has 134 valence electrons. The van der Waals surface area contributed by atoms with Crippen molar-refractivity contribution in [1.29, 1.82) is 0 Å². The van der Waals surface area contributed by atoms with E-state index >= 15 is 0 Å². The first-order chi connectivity index (χ1) is 11.9. The monoisotopic (exact) mass is 407 g/mol. The maximum atomic E-state index is 12.3. The molecule has 1 aromatic carbocycles. The molecule has 3 rings (SSSR count). The molecule has 0 radical (unpaired) electrons. The van der Waals surface area contributed by atoms with Crippen LogP contribution in [0.1, 0.15) is 32.3 Å². The van der Waals surface area contributed by atoms with E-state index in [2.05, 4.69) is 44.0 Å². The molecule has 25 heavy (non-hydrogen) atoms. The Balaban J connectivity index is 1.79. The maximum Gasteiger partial charge on any atom is 0.337 e. The van der Waals surface area contributed by atoms with Gasteiger partial charge in [0, 0.05) is 22.3 Å². The lowest BCUT2D eigenvalue weighted by atomic mass is 10.0. The summed E-state index contributed by atoms with van der Waals surface area (Å²) in [6.45, 7) is 4.25. The average molecular weight is 408 g/mol. The molecule has 1 fully saturated rings. The van der Waals surface area contributed by atoms with Gasteiger partial charge in [-0.25, -0.2) is 9.59 Å². The summed E-state index contributed by atoms with van der Waals surface area (Å²) in [4.78, 5) is 24.1. The lowest BCUT2D eigenvalue weighted by Crippen LogP contribution is -2.51. The van der Waals surface area contributed by atoms with Crippen molar-refractivity contribution in [3.05, 3.63) is 45.6 Å². The van der Waals surface area contributed by atoms with E-state index in [-0.39, 0.29) is 17.6 Å². The molecule has 2 amide bonds. The number of nitrogens with one attached hydrogen (secondary N) is 3. The van der Waals surface area contributed by atoms with Crippen molar-refractivity contribution < 1.29 is 14.3 Å². The molecule has 0 aromatic heterocycles. The number of benzene rings is 1. The molecule has 1 saturated carbocycles. The number of rotatable bonds is 6. The number of hydrogen-bond donors (Lipinski definition) is 3. The van der Waals surface area contributed by atoms with E-state index in [1.165, 1.54) is 5.56 Å². The molecule has 2 aliphatic rings. The van der Waals surface area contributed by atoms with E-state index in [0.717, 1.165) is 17.3 Å². The second-order valence-electron chi connectivity index (χ2n) is 6.38. The van der Waals surface area contributed by atoms with Gasteiger partial charge >= 0.3 is 12.0 Å². The Kier molecular flexibility index (Phi) is 5.15. The van der Waals surface area contributed by atoms with Crippen LogP contribution in [-0.2, 0) is 15.1 Å². The number of hydrogen-bond acceptors (Lipinski definition) is 4. The maximum absolute atomic E-state index is 12.3. The fourth-order valence-electron chi connectivity index (χ4n) is 3.14. The highest BCUT2D eigenvalue weighted by molar-refractivity contribution is 9.10. The molecule has 1 unspecified atom stereocenters. The van der Waals surface area contributed by atoms with Gasteiger partial charge in [-0.15, -0.1) is 0 Å². The summed E-state index contributed by atoms with van der Waals surface area (Å²) in [6, 6.07) is 7.55. The third-order valence-electron chi connectivity index (χ3n) is 4.62. The van der Waals surface area contributed by atoms with E-state index in [0.29, 0.717) is 24.4 Å². The van der Waals surface area contributed by atoms with Gasteiger partial charge in [0.1, 0.15) is 0 Å². The summed E-state index contributed by atoms with van der Waals surface area (Å²) in [7, 11) is 0. The number of amides is 2. The molecule has 1 atom stereocenters. The molecule has 6 nitrogen and oxygen atoms in total. The number of urea groups is 1. The van der Waals surface area contributed by atoms with Crippen molar-refractivity contribution >= 4 is 27.9 Å². The number of esters is 1. The number of carbonyl (C=O) groups is 2. The summed E-state index contributed by atoms with van der Waals surface area (Å²) < 4.78 is 6.18. The van der Waals surface area contributed by atoms with Crippen LogP contribution >= 0.6 is 15.9 Å². The van der Waals surface area contributed by atoms with Crippen LogP contribution in [0.25, 0.3) is 0 Å². The Bertz CT molecular complexity index is 711. The molecule has 7 heteroatoms. The minimum atomic E-state index is -0.396. The molecule has 0 bridgehead atoms. The smallest absolute Gasteiger partial charge is 0.337 e. The molecular formula is C18H22BrN3O3. The van der Waals surface area contributed by atoms with Crippen LogP contribution in [0.15, 0.2) is 40.0 Å². The zero-order valence-electron chi connectivity index (χ0n) is 14.3. The first-order valence-corrected chi connectivity index (χ1v) is 9.23. The van der Waals surface area contributed by atoms with Gasteiger partial charge in [-0.2, -0.15) is 0 Å². The lowest BCUT2D eigenvalue weighted by molar-refractivity contribution is -0.139. The van der Waals surface area contributed by atoms with Crippen molar-refractivity contribution in [1.82, 2.24) is 16.0 Å². The Morgan fingerprint density at radius 2 is 2.04 bits per heavy atom. The van der Waals surface area contributed by atoms with Crippen molar-refractivity contribution in [2.75, 3.05) is 13.2 Å². The zero-order chi connectivity index (χ0) is 18.0. The molecule has 0 spiro atoms. The van der Waals surface area contributed by atoms with Gasteiger partial charge in [-0.1, -0.05) is 28.1 Å². The third kappa shape index (κ3) is 3.88. The molecule has 1 aromatic rings. The molecule has 0 saturated heterocycles. The van der Waals surface area contributed by atoms with Gasteiger partial charge in [-0.3, -0.25) is 0 Å². The van der Waals surface area contributed by atoms with E-state index in [1.54, 1.807) is 13.8 Å². The van der Waals surface area contributed by atoms with Gasteiger partial charge < -0.3 is 20.7 Å². The fraction of sp³-hybridized carbons (Fsp3) is 0.444. The first-order valence-electron chi connectivity index (χ1n) is 8.44. The predicted molar refractivity (Wildman–Crippen MR) is 97.8 cm³/mol. The zero-order valence-corrected chi connectivity index (χ0v) is 15.9. The van der Waals surface area contributed by atoms with Crippen LogP contribution < -0.4 is 16.0 Å². The minimum absolute atomic E-state index is 0.0910. The Labute approximate surface area is 155 Å². The van der Waals surface area contributed by atoms with Gasteiger partial charge in [0.25, 0.3) is 0 Å². The van der Waals surface area contributed by atoms with Crippen molar-refractivity contribution in [2.24, 2.45) is 0 Å². The number of halogens is 1. The van der Waals surface area contributed by atoms with E-state index < -0.39 is 5.97 Å². The number of carbonyl (C=O) groups excluding carboxylic acids is 2. The Hall–Kier alpha value is -1.86. The van der Waals surface area contributed by atoms with Crippen molar-refractivity contribution in [3.63, 3.8) is 0 Å². The molecule has 1 aliphatic carbocycles. The third-order valence-corrected chi connectivity index (χ3v) is 5.14. The van der Waals surface area contributed by atoms with E-state index in [1.807, 2.05) is 12.1 Å². The van der Waals surface area contributed by atoms with Crippen LogP contribution in [0, 0.1) is 0 Å². The van der Waals surface area contributed by atoms with Crippen LogP contribution in [0.2, 0.25) is 0 Å². The predicted octanol–water partition coefficient (Wildman–Crippen LogP) is 2.55. The van der Waals surface area contributed by atoms with Gasteiger partial charge in [0.05, 0.1) is 18.2 Å². The highest BCUT2D eigenvalue weighted by Gasteiger charge is 2.44. The van der Waals surface area contributed by atoms with Crippen LogP contribution in [0.4, 0.5) is 4.79 Å². The minimum Gasteiger partial charge on any atom is -0.463 e. The van der Waals surface area contributed by atoms with Gasteiger partial charge in [0.2, 0.25) is 0 Å². The van der Waals surface area contributed by atoms with Gasteiger partial charge in [0.15, 0.2) is 0 Å². The average Bonchev–Trinajstić information content (AvgIpc) is 3.34. The highest BCUT2D eigenvalue weighted by atomic mass is 79.9. The highest BCUT2D eigenvalue weighted by Crippen LogP contribution is 2.45. The summed E-state index contributed by atoms with van der Waals surface area (Å²) >= 11 is 3.45. The standard InChI is InChI=1S/C18H22BrN3O3/c1-3-25-16(23)15-11(2)21-17(24)22-14(15)10-20-18(8-9-18)12-4-6-13(19)7-5-12/h4-7,11,20H,3,8-10H2,1-2H3,(H2,21,22,24). The summed E-state index contributed by atoms with van der Waals surface area (Å²) in [6.07, 6.45) is 2.05. The van der Waals surface area contributed by atoms with Crippen LogP contribution in [0.3, 0.4) is 0 Å². The molecule has 3 N–H and O–H groups in total. The van der Waals surface area contributed by atoms with Crippen LogP contribution in [-0.4, -0.2) is 31.2 Å². The quantitative estimate of drug-likeness (QED) is 0.633. The molecule has 1 aliphatic heterocycles. The topological polar surface area (TPSA) is 79.5 Å². The van der Waals surface area contributed by atoms with E-state index in [9.17, 15) is 9.59 Å².